The first-order chi connectivity index (χ1) is 44.9. The van der Waals surface area contributed by atoms with Gasteiger partial charge in [0.15, 0.2) is 11.9 Å². The van der Waals surface area contributed by atoms with Crippen LogP contribution in [0, 0.1) is 5.92 Å². The van der Waals surface area contributed by atoms with Crippen LogP contribution >= 0.6 is 0 Å². The summed E-state index contributed by atoms with van der Waals surface area (Å²) in [4.78, 5) is 159. The summed E-state index contributed by atoms with van der Waals surface area (Å²) >= 11 is 0. The Morgan fingerprint density at radius 2 is 1.41 bits per heavy atom. The molecule has 0 spiro atoms. The van der Waals surface area contributed by atoms with Crippen LogP contribution in [-0.4, -0.2) is 234 Å². The molecule has 17 N–H and O–H groups in total. The lowest BCUT2D eigenvalue weighted by Crippen LogP contribution is -2.63. The molecule has 514 valence electrons. The molecule has 12 atom stereocenters. The maximum absolute atomic E-state index is 15.5. The fourth-order valence-electron chi connectivity index (χ4n) is 14.1. The lowest BCUT2D eigenvalue weighted by Gasteiger charge is -2.43. The number of aliphatic imine (C=N–C) groups is 2. The number of aliphatic hydroxyl groups excluding tert-OH is 1. The van der Waals surface area contributed by atoms with E-state index < -0.39 is 120 Å². The number of nitrogens with zero attached hydrogens (tertiary/aromatic N) is 7. The number of aliphatic hydroxyl groups is 1. The Bertz CT molecular complexity index is 3100. The van der Waals surface area contributed by atoms with E-state index in [0.29, 0.717) is 48.6 Å². The second-order valence-electron chi connectivity index (χ2n) is 27.0. The first kappa shape index (κ1) is 71.4. The second kappa shape index (κ2) is 33.1. The van der Waals surface area contributed by atoms with Gasteiger partial charge in [-0.15, -0.1) is 0 Å². The molecule has 2 aromatic rings. The standard InChI is InChI=1S/C65H98N18O11/c1-83(2,3)31-12-11-22-45-56(87)71-29-26-47(61(92)80-37-42-20-8-7-18-40(42)33-53(80)63(94)82-49-24-10-9-19-41(49)34-52(82)59(90)76-45)78-57(88)48(32-39-16-5-4-6-17-39)75-54(85)36-74-58(89)51-35-43(84)38-81(51)62(93)50-25-15-30-79(50)60(91)46(23-14-28-73-65(69)70)77-55(86)44(66)21-13-27-72-64(67)68/h4-8,16-18,20,41,43-53,84H,9-15,19,21-38,66H2,1-3H3,(H13-,67,68,69,70,71,72,73,74,75,76,77,78,85,86,87,88,89,90)/p+1/t41?,43-,44-,45-,46+,47+,48+,49?,50+,51+,52+,53-/m1/s1. The van der Waals surface area contributed by atoms with E-state index in [4.69, 9.17) is 28.7 Å². The number of carbonyl (C=O) groups is 10. The largest absolute Gasteiger partial charge is 0.391 e. The Morgan fingerprint density at radius 1 is 0.723 bits per heavy atom. The molecule has 29 nitrogen and oxygen atoms in total. The Morgan fingerprint density at radius 3 is 2.13 bits per heavy atom. The first-order valence-corrected chi connectivity index (χ1v) is 33.3. The van der Waals surface area contributed by atoms with E-state index in [0.717, 1.165) is 43.4 Å². The SMILES string of the molecule is C[N+](C)(C)CCCC[C@H]1NC(=O)[C@@H]2CC3CCCCC3N2C(=O)[C@H]2Cc3ccccc3CN2C(=O)[C@@H](NC(=O)[C@H](Cc2ccccc2)NC(=O)CNC(=O)[C@@H]2C[C@@H](O)CN2C(=O)[C@@H]2CCCN2C(=O)[C@H](CCCN=C(N)N)NC(=O)[C@H](N)CCCN=C(N)N)CCNC1=O. The number of nitrogens with two attached hydrogens (primary N) is 5. The summed E-state index contributed by atoms with van der Waals surface area (Å²) in [6.07, 6.45) is 5.67. The monoisotopic (exact) mass is 1310 g/mol. The number of β-amino-alcohol motifs (C(OH)–C–C–N with tert-alkyl or cyclic N) is 1. The number of unbranched alkanes of at least 4 members (excludes halogenated alkanes) is 1. The zero-order valence-corrected chi connectivity index (χ0v) is 54.6. The van der Waals surface area contributed by atoms with E-state index >= 15 is 14.4 Å². The fraction of sp³-hybridized carbons (Fsp3) is 0.631. The number of guanidine groups is 2. The lowest BCUT2D eigenvalue weighted by atomic mass is 9.84. The molecule has 5 heterocycles. The van der Waals surface area contributed by atoms with Crippen LogP contribution in [0.4, 0.5) is 0 Å². The lowest BCUT2D eigenvalue weighted by molar-refractivity contribution is -0.870. The Balaban J connectivity index is 0.985. The number of hydrogen-bond acceptors (Lipinski definition) is 14. The molecule has 8 rings (SSSR count). The van der Waals surface area contributed by atoms with E-state index in [-0.39, 0.29) is 120 Å². The molecule has 5 aliphatic heterocycles. The van der Waals surface area contributed by atoms with Gasteiger partial charge in [0.05, 0.1) is 46.4 Å². The minimum atomic E-state index is -1.36. The quantitative estimate of drug-likeness (QED) is 0.0207. The van der Waals surface area contributed by atoms with Crippen molar-refractivity contribution < 1.29 is 57.5 Å². The van der Waals surface area contributed by atoms with Crippen molar-refractivity contribution in [2.45, 2.75) is 189 Å². The van der Waals surface area contributed by atoms with Crippen molar-refractivity contribution >= 4 is 71.0 Å². The van der Waals surface area contributed by atoms with Crippen LogP contribution in [0.2, 0.25) is 0 Å². The number of amides is 10. The van der Waals surface area contributed by atoms with Gasteiger partial charge in [0, 0.05) is 64.6 Å². The van der Waals surface area contributed by atoms with Gasteiger partial charge in [-0.05, 0) is 106 Å². The Kier molecular flexibility index (Phi) is 25.1. The zero-order chi connectivity index (χ0) is 67.8. The van der Waals surface area contributed by atoms with Crippen molar-refractivity contribution in [3.8, 4) is 0 Å². The van der Waals surface area contributed by atoms with Gasteiger partial charge in [0.2, 0.25) is 59.1 Å². The van der Waals surface area contributed by atoms with Crippen molar-refractivity contribution in [1.82, 2.24) is 51.5 Å². The molecule has 0 radical (unpaired) electrons. The molecule has 2 aromatic carbocycles. The maximum Gasteiger partial charge on any atom is 0.246 e. The second-order valence-corrected chi connectivity index (χ2v) is 27.0. The van der Waals surface area contributed by atoms with E-state index in [9.17, 15) is 38.7 Å². The average molecular weight is 1310 g/mol. The minimum absolute atomic E-state index is 0.0177. The molecule has 94 heavy (non-hydrogen) atoms. The molecule has 2 unspecified atom stereocenters. The average Bonchev–Trinajstić information content (AvgIpc) is 1.50. The molecule has 29 heteroatoms. The highest BCUT2D eigenvalue weighted by Gasteiger charge is 2.52. The van der Waals surface area contributed by atoms with Crippen LogP contribution in [0.25, 0.3) is 0 Å². The summed E-state index contributed by atoms with van der Waals surface area (Å²) in [6.45, 7) is 0.307. The molecule has 0 aromatic heterocycles. The molecule has 10 amide bonds. The summed E-state index contributed by atoms with van der Waals surface area (Å²) in [7, 11) is 6.24. The molecular formula is C65H99N18O11+. The zero-order valence-electron chi connectivity index (χ0n) is 54.6. The normalized spacial score (nSPS) is 24.9. The molecule has 0 bridgehead atoms. The van der Waals surface area contributed by atoms with E-state index in [2.05, 4.69) is 63.0 Å². The highest BCUT2D eigenvalue weighted by molar-refractivity contribution is 5.99. The first-order valence-electron chi connectivity index (χ1n) is 33.3. The minimum Gasteiger partial charge on any atom is -0.391 e. The predicted molar refractivity (Wildman–Crippen MR) is 349 cm³/mol. The number of fused-ring (bicyclic) bond motifs is 5. The van der Waals surface area contributed by atoms with Crippen LogP contribution in [-0.2, 0) is 67.3 Å². The van der Waals surface area contributed by atoms with Gasteiger partial charge in [0.1, 0.15) is 48.3 Å². The highest BCUT2D eigenvalue weighted by atomic mass is 16.3. The maximum atomic E-state index is 15.5. The van der Waals surface area contributed by atoms with Crippen molar-refractivity contribution in [2.75, 3.05) is 67.0 Å². The summed E-state index contributed by atoms with van der Waals surface area (Å²) < 4.78 is 0.714. The Hall–Kier alpha value is -8.44. The number of rotatable bonds is 25. The Labute approximate surface area is 549 Å². The third-order valence-electron chi connectivity index (χ3n) is 18.9. The number of likely N-dealkylation sites (tertiary alicyclic amines) is 2. The molecule has 4 saturated heterocycles. The van der Waals surface area contributed by atoms with Gasteiger partial charge < -0.3 is 89.8 Å². The van der Waals surface area contributed by atoms with Gasteiger partial charge in [0.25, 0.3) is 0 Å². The van der Waals surface area contributed by atoms with Crippen LogP contribution in [0.1, 0.15) is 119 Å². The van der Waals surface area contributed by atoms with Crippen LogP contribution in [0.5, 0.6) is 0 Å². The van der Waals surface area contributed by atoms with E-state index in [1.54, 1.807) is 35.2 Å². The number of carbonyl (C=O) groups excluding carboxylic acids is 10. The van der Waals surface area contributed by atoms with Gasteiger partial charge in [-0.1, -0.05) is 67.4 Å². The topological polar surface area (TPSA) is 431 Å². The summed E-state index contributed by atoms with van der Waals surface area (Å²) in [5.74, 6) is -6.23. The van der Waals surface area contributed by atoms with Crippen molar-refractivity contribution in [3.63, 3.8) is 0 Å². The van der Waals surface area contributed by atoms with E-state index in [1.807, 2.05) is 24.3 Å². The van der Waals surface area contributed by atoms with Crippen LogP contribution in [0.3, 0.4) is 0 Å². The number of hydrogen-bond donors (Lipinski definition) is 12. The summed E-state index contributed by atoms with van der Waals surface area (Å²) in [5.41, 5.74) is 30.4. The highest BCUT2D eigenvalue weighted by Crippen LogP contribution is 2.41. The van der Waals surface area contributed by atoms with Crippen molar-refractivity contribution in [3.05, 3.63) is 71.3 Å². The smallest absolute Gasteiger partial charge is 0.246 e. The summed E-state index contributed by atoms with van der Waals surface area (Å²) in [6, 6.07) is 6.02. The number of quaternary nitrogens is 1. The van der Waals surface area contributed by atoms with Crippen molar-refractivity contribution in [1.29, 1.82) is 0 Å². The third kappa shape index (κ3) is 19.1. The van der Waals surface area contributed by atoms with Crippen LogP contribution < -0.4 is 60.6 Å². The molecule has 1 saturated carbocycles. The van der Waals surface area contributed by atoms with E-state index in [1.165, 1.54) is 14.7 Å². The van der Waals surface area contributed by atoms with Gasteiger partial charge >= 0.3 is 0 Å². The molecule has 5 fully saturated rings. The number of nitrogens with one attached hydrogen (secondary N) is 6. The molecular weight excluding hydrogens is 1210 g/mol. The number of benzene rings is 2. The van der Waals surface area contributed by atoms with Gasteiger partial charge in [-0.25, -0.2) is 0 Å². The molecule has 6 aliphatic rings. The molecule has 1 aliphatic carbocycles. The van der Waals surface area contributed by atoms with Gasteiger partial charge in [-0.3, -0.25) is 57.9 Å². The predicted octanol–water partition coefficient (Wildman–Crippen LogP) is -2.82. The van der Waals surface area contributed by atoms with Gasteiger partial charge in [-0.2, -0.15) is 0 Å². The van der Waals surface area contributed by atoms with Crippen molar-refractivity contribution in [2.24, 2.45) is 44.6 Å². The van der Waals surface area contributed by atoms with Crippen LogP contribution in [0.15, 0.2) is 64.6 Å². The third-order valence-corrected chi connectivity index (χ3v) is 18.9. The fourth-order valence-corrected chi connectivity index (χ4v) is 14.1. The summed E-state index contributed by atoms with van der Waals surface area (Å²) in [5, 5.41) is 28.0.